The van der Waals surface area contributed by atoms with Gasteiger partial charge in [-0.15, -0.1) is 0 Å². The summed E-state index contributed by atoms with van der Waals surface area (Å²) in [6.07, 6.45) is 3.86. The Bertz CT molecular complexity index is 3980. The predicted octanol–water partition coefficient (Wildman–Crippen LogP) is 18.7. The smallest absolute Gasteiger partial charge is 0.00132 e. The van der Waals surface area contributed by atoms with Crippen molar-refractivity contribution in [1.82, 2.24) is 0 Å². The molecular weight excluding hydrogens is 865 g/mol. The van der Waals surface area contributed by atoms with E-state index in [0.717, 1.165) is 25.7 Å². The summed E-state index contributed by atoms with van der Waals surface area (Å²) in [6.45, 7) is 0. The molecule has 0 amide bonds. The van der Waals surface area contributed by atoms with Crippen molar-refractivity contribution in [3.05, 3.63) is 263 Å². The highest BCUT2D eigenvalue weighted by Gasteiger charge is 2.28. The molecule has 0 unspecified atom stereocenters. The van der Waals surface area contributed by atoms with E-state index < -0.39 is 0 Å². The van der Waals surface area contributed by atoms with Crippen molar-refractivity contribution in [1.29, 1.82) is 0 Å². The summed E-state index contributed by atoms with van der Waals surface area (Å²) in [7, 11) is 0. The molecule has 4 aliphatic rings. The molecule has 17 rings (SSSR count). The maximum Gasteiger partial charge on any atom is -0.00132 e. The van der Waals surface area contributed by atoms with Crippen LogP contribution in [0.25, 0.3) is 132 Å². The molecule has 0 radical (unpaired) electrons. The molecule has 0 bridgehead atoms. The molecule has 0 heterocycles. The Morgan fingerprint density at radius 2 is 0.417 bits per heavy atom. The van der Waals surface area contributed by atoms with Crippen molar-refractivity contribution < 1.29 is 0 Å². The number of rotatable bonds is 4. The largest absolute Gasteiger partial charge is 0.0619 e. The summed E-state index contributed by atoms with van der Waals surface area (Å²) < 4.78 is 0. The predicted molar refractivity (Wildman–Crippen MR) is 302 cm³/mol. The van der Waals surface area contributed by atoms with Crippen molar-refractivity contribution in [3.63, 3.8) is 0 Å². The monoisotopic (exact) mass is 908 g/mol. The summed E-state index contributed by atoms with van der Waals surface area (Å²) >= 11 is 0. The maximum atomic E-state index is 2.56. The zero-order valence-corrected chi connectivity index (χ0v) is 39.6. The van der Waals surface area contributed by atoms with Crippen LogP contribution in [0.2, 0.25) is 0 Å². The fourth-order valence-electron chi connectivity index (χ4n) is 14.2. The number of fused-ring (bicyclic) bond motifs is 14. The van der Waals surface area contributed by atoms with Crippen LogP contribution in [0.4, 0.5) is 0 Å². The van der Waals surface area contributed by atoms with Crippen molar-refractivity contribution in [3.8, 4) is 89.0 Å². The minimum atomic E-state index is 0.966. The number of hydrogen-bond donors (Lipinski definition) is 0. The van der Waals surface area contributed by atoms with Crippen LogP contribution in [0, 0.1) is 0 Å². The molecule has 72 heavy (non-hydrogen) atoms. The normalized spacial score (nSPS) is 13.3. The zero-order valence-electron chi connectivity index (χ0n) is 39.6. The second kappa shape index (κ2) is 14.4. The molecule has 13 aromatic carbocycles. The highest BCUT2D eigenvalue weighted by atomic mass is 14.3. The van der Waals surface area contributed by atoms with E-state index in [2.05, 4.69) is 218 Å². The Morgan fingerprint density at radius 1 is 0.194 bits per heavy atom. The Balaban J connectivity index is 1.02. The summed E-state index contributed by atoms with van der Waals surface area (Å²) in [6, 6.07) is 84.5. The van der Waals surface area contributed by atoms with E-state index in [-0.39, 0.29) is 0 Å². The van der Waals surface area contributed by atoms with Gasteiger partial charge in [0.2, 0.25) is 0 Å². The van der Waals surface area contributed by atoms with E-state index in [1.54, 1.807) is 0 Å². The molecule has 13 aromatic rings. The lowest BCUT2D eigenvalue weighted by atomic mass is 9.82. The molecule has 0 nitrogen and oxygen atoms in total. The van der Waals surface area contributed by atoms with Gasteiger partial charge in [-0.1, -0.05) is 170 Å². The molecule has 0 N–H and O–H groups in total. The highest BCUT2D eigenvalue weighted by Crippen LogP contribution is 2.53. The third-order valence-electron chi connectivity index (χ3n) is 17.2. The van der Waals surface area contributed by atoms with Crippen molar-refractivity contribution >= 4 is 43.1 Å². The van der Waals surface area contributed by atoms with Gasteiger partial charge in [-0.2, -0.15) is 0 Å². The van der Waals surface area contributed by atoms with Gasteiger partial charge in [-0.05, 0) is 251 Å². The van der Waals surface area contributed by atoms with Crippen molar-refractivity contribution in [2.45, 2.75) is 25.7 Å². The average molecular weight is 909 g/mol. The van der Waals surface area contributed by atoms with Crippen LogP contribution in [0.1, 0.15) is 44.5 Å². The Kier molecular flexibility index (Phi) is 7.78. The van der Waals surface area contributed by atoms with Crippen LogP contribution in [0.5, 0.6) is 0 Å². The first-order valence-corrected chi connectivity index (χ1v) is 25.7. The summed E-state index contributed by atoms with van der Waals surface area (Å²) in [5.41, 5.74) is 32.5. The van der Waals surface area contributed by atoms with E-state index in [1.807, 2.05) is 0 Å². The lowest BCUT2D eigenvalue weighted by Gasteiger charge is -2.21. The van der Waals surface area contributed by atoms with E-state index in [0.29, 0.717) is 0 Å². The van der Waals surface area contributed by atoms with Gasteiger partial charge < -0.3 is 0 Å². The third-order valence-corrected chi connectivity index (χ3v) is 17.2. The molecule has 332 valence electrons. The lowest BCUT2D eigenvalue weighted by Crippen LogP contribution is -1.94. The molecule has 0 heteroatoms. The van der Waals surface area contributed by atoms with E-state index >= 15 is 0 Å². The fourth-order valence-corrected chi connectivity index (χ4v) is 14.2. The number of benzene rings is 13. The Labute approximate surface area is 418 Å². The molecule has 0 aliphatic heterocycles. The van der Waals surface area contributed by atoms with Gasteiger partial charge in [-0.25, -0.2) is 0 Å². The fraction of sp³-hybridized carbons (Fsp3) is 0.0556. The molecule has 0 saturated carbocycles. The Hall–Kier alpha value is -8.84. The lowest BCUT2D eigenvalue weighted by molar-refractivity contribution is 1.26. The molecule has 4 aliphatic carbocycles. The second-order valence-electron chi connectivity index (χ2n) is 21.0. The van der Waals surface area contributed by atoms with Crippen LogP contribution in [-0.4, -0.2) is 0 Å². The van der Waals surface area contributed by atoms with Crippen LogP contribution in [0.3, 0.4) is 0 Å². The molecule has 0 atom stereocenters. The summed E-state index contributed by atoms with van der Waals surface area (Å²) in [5.74, 6) is 0. The molecular formula is C72H44. The minimum Gasteiger partial charge on any atom is -0.0619 e. The first-order valence-electron chi connectivity index (χ1n) is 25.7. The maximum absolute atomic E-state index is 2.56. The van der Waals surface area contributed by atoms with Crippen molar-refractivity contribution in [2.75, 3.05) is 0 Å². The third kappa shape index (κ3) is 5.36. The quantitative estimate of drug-likeness (QED) is 0.122. The molecule has 0 spiro atoms. The summed E-state index contributed by atoms with van der Waals surface area (Å²) in [4.78, 5) is 0. The average Bonchev–Trinajstić information content (AvgIpc) is 4.22. The first kappa shape index (κ1) is 38.9. The zero-order chi connectivity index (χ0) is 46.8. The Morgan fingerprint density at radius 3 is 0.681 bits per heavy atom. The van der Waals surface area contributed by atoms with Crippen LogP contribution in [-0.2, 0) is 25.7 Å². The second-order valence-corrected chi connectivity index (χ2v) is 21.0. The van der Waals surface area contributed by atoms with E-state index in [9.17, 15) is 0 Å². The van der Waals surface area contributed by atoms with Gasteiger partial charge in [0.25, 0.3) is 0 Å². The van der Waals surface area contributed by atoms with Crippen molar-refractivity contribution in [2.24, 2.45) is 0 Å². The van der Waals surface area contributed by atoms with Gasteiger partial charge in [0.15, 0.2) is 0 Å². The topological polar surface area (TPSA) is 0 Å². The minimum absolute atomic E-state index is 0.966. The van der Waals surface area contributed by atoms with E-state index in [4.69, 9.17) is 0 Å². The highest BCUT2D eigenvalue weighted by molar-refractivity contribution is 6.35. The van der Waals surface area contributed by atoms with Crippen LogP contribution in [0.15, 0.2) is 218 Å². The molecule has 0 aromatic heterocycles. The first-order chi connectivity index (χ1) is 35.7. The van der Waals surface area contributed by atoms with Gasteiger partial charge in [0.1, 0.15) is 0 Å². The van der Waals surface area contributed by atoms with Gasteiger partial charge in [-0.3, -0.25) is 0 Å². The van der Waals surface area contributed by atoms with E-state index in [1.165, 1.54) is 177 Å². The van der Waals surface area contributed by atoms with Gasteiger partial charge >= 0.3 is 0 Å². The molecule has 0 saturated heterocycles. The van der Waals surface area contributed by atoms with Gasteiger partial charge in [0, 0.05) is 0 Å². The summed E-state index contributed by atoms with van der Waals surface area (Å²) in [5, 5.41) is 10.5. The van der Waals surface area contributed by atoms with Gasteiger partial charge in [0.05, 0.1) is 0 Å². The van der Waals surface area contributed by atoms with Crippen LogP contribution >= 0.6 is 0 Å². The SMILES string of the molecule is c1ccc2c(c1)Cc1cccc(-c3cc4cc(-c5cccc6c5-c5ccccc5C6)cc5c6cc(-c7cccc8c7-c7ccccc7C8)cc7cc(-c8cccc9c8-c8ccccc8C9)cc(c(c3)c45)c76)c1-2. The standard InChI is InChI=1S/C72H44/c1-5-21-55-41(13-1)29-45-17-9-25-59(67(45)55)49-33-53-34-50(60-26-10-18-46-30-42-14-2-6-22-56(42)68(46)60)39-65-66-40-52(62-28-12-20-48-32-44-16-4-8-24-58(44)70(48)62)36-54-35-51(38-64(72(54)66)63(37-49)71(53)65)61-27-11-19-47-31-43-15-3-7-23-57(43)69(47)61/h1-28,33-40H,29-32H2. The van der Waals surface area contributed by atoms with Crippen LogP contribution < -0.4 is 0 Å². The molecule has 0 fully saturated rings. The number of hydrogen-bond acceptors (Lipinski definition) is 0.